The number of aromatic nitrogens is 1. The van der Waals surface area contributed by atoms with Gasteiger partial charge in [0, 0.05) is 28.4 Å². The Kier molecular flexibility index (Phi) is 2.95. The molecule has 3 nitrogen and oxygen atoms in total. The Labute approximate surface area is 119 Å². The van der Waals surface area contributed by atoms with Gasteiger partial charge in [0.05, 0.1) is 10.6 Å². The van der Waals surface area contributed by atoms with Crippen molar-refractivity contribution < 1.29 is 9.18 Å². The van der Waals surface area contributed by atoms with E-state index in [9.17, 15) is 9.18 Å². The third-order valence-electron chi connectivity index (χ3n) is 3.14. The average molecular weight is 289 g/mol. The number of anilines is 1. The maximum absolute atomic E-state index is 13.9. The average Bonchev–Trinajstić information content (AvgIpc) is 2.83. The number of fused-ring (bicyclic) bond motifs is 1. The molecule has 3 N–H and O–H groups in total. The number of ketones is 1. The molecule has 0 fully saturated rings. The Hall–Kier alpha value is -2.33. The molecule has 2 aromatic carbocycles. The fraction of sp³-hybridized carbons (Fsp3) is 0. The number of nitrogens with one attached hydrogen (secondary N) is 1. The zero-order valence-corrected chi connectivity index (χ0v) is 11.0. The van der Waals surface area contributed by atoms with E-state index in [4.69, 9.17) is 17.3 Å². The van der Waals surface area contributed by atoms with E-state index in [1.807, 2.05) is 0 Å². The van der Waals surface area contributed by atoms with Gasteiger partial charge in [-0.15, -0.1) is 0 Å². The summed E-state index contributed by atoms with van der Waals surface area (Å²) in [6.45, 7) is 0. The van der Waals surface area contributed by atoms with E-state index in [1.54, 1.807) is 24.3 Å². The quantitative estimate of drug-likeness (QED) is 0.557. The van der Waals surface area contributed by atoms with E-state index in [0.29, 0.717) is 16.8 Å². The number of nitrogens with two attached hydrogens (primary N) is 1. The number of carbonyl (C=O) groups is 1. The molecule has 5 heteroatoms. The van der Waals surface area contributed by atoms with Crippen molar-refractivity contribution in [2.24, 2.45) is 0 Å². The predicted molar refractivity (Wildman–Crippen MR) is 77.6 cm³/mol. The highest BCUT2D eigenvalue weighted by atomic mass is 35.5. The largest absolute Gasteiger partial charge is 0.399 e. The van der Waals surface area contributed by atoms with Gasteiger partial charge in [-0.2, -0.15) is 0 Å². The molecule has 0 spiro atoms. The van der Waals surface area contributed by atoms with Crippen molar-refractivity contribution >= 4 is 34.0 Å². The Bertz CT molecular complexity index is 826. The van der Waals surface area contributed by atoms with Crippen LogP contribution in [0.5, 0.6) is 0 Å². The van der Waals surface area contributed by atoms with Gasteiger partial charge in [-0.3, -0.25) is 4.79 Å². The minimum Gasteiger partial charge on any atom is -0.399 e. The van der Waals surface area contributed by atoms with Crippen LogP contribution in [0.4, 0.5) is 10.1 Å². The number of aromatic amines is 1. The summed E-state index contributed by atoms with van der Waals surface area (Å²) in [7, 11) is 0. The lowest BCUT2D eigenvalue weighted by Gasteiger charge is -2.04. The van der Waals surface area contributed by atoms with Crippen molar-refractivity contribution in [3.05, 3.63) is 64.6 Å². The van der Waals surface area contributed by atoms with Crippen LogP contribution in [0.2, 0.25) is 5.02 Å². The monoisotopic (exact) mass is 288 g/mol. The predicted octanol–water partition coefficient (Wildman–Crippen LogP) is 3.77. The molecule has 1 heterocycles. The van der Waals surface area contributed by atoms with Crippen LogP contribution in [0.1, 0.15) is 15.9 Å². The van der Waals surface area contributed by atoms with Crippen LogP contribution in [-0.2, 0) is 0 Å². The molecular formula is C15H10ClFN2O. The van der Waals surface area contributed by atoms with Gasteiger partial charge in [0.25, 0.3) is 0 Å². The summed E-state index contributed by atoms with van der Waals surface area (Å²) < 4.78 is 13.9. The summed E-state index contributed by atoms with van der Waals surface area (Å²) in [5.41, 5.74) is 7.19. The number of hydrogen-bond acceptors (Lipinski definition) is 2. The maximum atomic E-state index is 13.9. The first-order valence-corrected chi connectivity index (χ1v) is 6.31. The highest BCUT2D eigenvalue weighted by molar-refractivity contribution is 6.35. The van der Waals surface area contributed by atoms with Crippen LogP contribution in [0, 0.1) is 5.82 Å². The summed E-state index contributed by atoms with van der Waals surface area (Å²) in [5.74, 6) is -0.787. The maximum Gasteiger partial charge on any atom is 0.196 e. The van der Waals surface area contributed by atoms with Gasteiger partial charge in [-0.05, 0) is 30.3 Å². The number of hydrogen-bond donors (Lipinski definition) is 2. The van der Waals surface area contributed by atoms with E-state index >= 15 is 0 Å². The molecule has 0 aliphatic carbocycles. The third-order valence-corrected chi connectivity index (χ3v) is 3.45. The van der Waals surface area contributed by atoms with E-state index in [-0.39, 0.29) is 21.8 Å². The van der Waals surface area contributed by atoms with Crippen LogP contribution < -0.4 is 5.73 Å². The molecule has 0 saturated carbocycles. The fourth-order valence-electron chi connectivity index (χ4n) is 2.18. The topological polar surface area (TPSA) is 58.9 Å². The Morgan fingerprint density at radius 2 is 2.00 bits per heavy atom. The number of H-pyrrole nitrogens is 1. The third kappa shape index (κ3) is 1.94. The summed E-state index contributed by atoms with van der Waals surface area (Å²) in [6, 6.07) is 9.24. The number of halogens is 2. The lowest BCUT2D eigenvalue weighted by atomic mass is 10.0. The fourth-order valence-corrected chi connectivity index (χ4v) is 2.45. The zero-order chi connectivity index (χ0) is 14.3. The van der Waals surface area contributed by atoms with Gasteiger partial charge < -0.3 is 10.7 Å². The Morgan fingerprint density at radius 1 is 1.20 bits per heavy atom. The molecule has 0 saturated heterocycles. The first kappa shape index (κ1) is 12.7. The summed E-state index contributed by atoms with van der Waals surface area (Å²) in [6.07, 6.45) is 1.49. The van der Waals surface area contributed by atoms with Crippen molar-refractivity contribution in [1.82, 2.24) is 4.98 Å². The SMILES string of the molecule is Nc1ccc(C(=O)c2c[nH]c3cccc(F)c23)c(Cl)c1. The van der Waals surface area contributed by atoms with Crippen molar-refractivity contribution in [2.45, 2.75) is 0 Å². The van der Waals surface area contributed by atoms with Gasteiger partial charge >= 0.3 is 0 Å². The van der Waals surface area contributed by atoms with Gasteiger partial charge in [0.1, 0.15) is 5.82 Å². The zero-order valence-electron chi connectivity index (χ0n) is 10.3. The van der Waals surface area contributed by atoms with Crippen LogP contribution in [-0.4, -0.2) is 10.8 Å². The smallest absolute Gasteiger partial charge is 0.196 e. The molecule has 0 radical (unpaired) electrons. The van der Waals surface area contributed by atoms with Crippen LogP contribution >= 0.6 is 11.6 Å². The summed E-state index contributed by atoms with van der Waals surface area (Å²) in [5, 5.41) is 0.520. The number of nitrogen functional groups attached to an aromatic ring is 1. The van der Waals surface area contributed by atoms with Crippen LogP contribution in [0.15, 0.2) is 42.6 Å². The Morgan fingerprint density at radius 3 is 2.75 bits per heavy atom. The second-order valence-corrected chi connectivity index (χ2v) is 4.84. The molecule has 3 aromatic rings. The molecule has 0 atom stereocenters. The lowest BCUT2D eigenvalue weighted by molar-refractivity contribution is 0.104. The number of rotatable bonds is 2. The molecular weight excluding hydrogens is 279 g/mol. The van der Waals surface area contributed by atoms with Crippen molar-refractivity contribution in [2.75, 3.05) is 5.73 Å². The van der Waals surface area contributed by atoms with Gasteiger partial charge in [-0.25, -0.2) is 4.39 Å². The first-order chi connectivity index (χ1) is 9.58. The van der Waals surface area contributed by atoms with E-state index in [0.717, 1.165) is 0 Å². The summed E-state index contributed by atoms with van der Waals surface area (Å²) in [4.78, 5) is 15.4. The normalized spacial score (nSPS) is 10.9. The standard InChI is InChI=1S/C15H10ClFN2O/c16-11-6-8(18)4-5-9(11)15(20)10-7-19-13-3-1-2-12(17)14(10)13/h1-7,19H,18H2. The van der Waals surface area contributed by atoms with Crippen LogP contribution in [0.25, 0.3) is 10.9 Å². The summed E-state index contributed by atoms with van der Waals surface area (Å²) >= 11 is 6.03. The van der Waals surface area contributed by atoms with Crippen LogP contribution in [0.3, 0.4) is 0 Å². The molecule has 0 bridgehead atoms. The molecule has 100 valence electrons. The molecule has 0 aliphatic heterocycles. The Balaban J connectivity index is 2.18. The minimum atomic E-state index is -0.446. The molecule has 0 unspecified atom stereocenters. The molecule has 0 amide bonds. The van der Waals surface area contributed by atoms with Gasteiger partial charge in [0.15, 0.2) is 5.78 Å². The first-order valence-electron chi connectivity index (χ1n) is 5.93. The lowest BCUT2D eigenvalue weighted by Crippen LogP contribution is -2.02. The highest BCUT2D eigenvalue weighted by Crippen LogP contribution is 2.27. The second kappa shape index (κ2) is 4.65. The van der Waals surface area contributed by atoms with E-state index in [1.165, 1.54) is 18.3 Å². The molecule has 1 aromatic heterocycles. The highest BCUT2D eigenvalue weighted by Gasteiger charge is 2.19. The molecule has 3 rings (SSSR count). The molecule has 0 aliphatic rings. The van der Waals surface area contributed by atoms with Crippen molar-refractivity contribution in [3.63, 3.8) is 0 Å². The van der Waals surface area contributed by atoms with Crippen molar-refractivity contribution in [3.8, 4) is 0 Å². The second-order valence-electron chi connectivity index (χ2n) is 4.43. The van der Waals surface area contributed by atoms with E-state index in [2.05, 4.69) is 4.98 Å². The van der Waals surface area contributed by atoms with Crippen molar-refractivity contribution in [1.29, 1.82) is 0 Å². The number of carbonyl (C=O) groups excluding carboxylic acids is 1. The number of benzene rings is 2. The molecule has 20 heavy (non-hydrogen) atoms. The van der Waals surface area contributed by atoms with Gasteiger partial charge in [-0.1, -0.05) is 17.7 Å². The van der Waals surface area contributed by atoms with Gasteiger partial charge in [0.2, 0.25) is 0 Å². The van der Waals surface area contributed by atoms with E-state index < -0.39 is 5.82 Å². The minimum absolute atomic E-state index is 0.251.